The van der Waals surface area contributed by atoms with Gasteiger partial charge in [0.25, 0.3) is 5.91 Å². The monoisotopic (exact) mass is 298 g/mol. The topological polar surface area (TPSA) is 55.6 Å². The number of amides is 1. The molecule has 4 nitrogen and oxygen atoms in total. The summed E-state index contributed by atoms with van der Waals surface area (Å²) in [4.78, 5) is 14.5. The van der Waals surface area contributed by atoms with Gasteiger partial charge in [0.1, 0.15) is 0 Å². The molecule has 0 unspecified atom stereocenters. The predicted octanol–water partition coefficient (Wildman–Crippen LogP) is 3.20. The number of hydrogen-bond donors (Lipinski definition) is 1. The van der Waals surface area contributed by atoms with E-state index in [0.29, 0.717) is 29.4 Å². The molecule has 0 saturated heterocycles. The fourth-order valence-electron chi connectivity index (χ4n) is 2.25. The first kappa shape index (κ1) is 16.8. The Morgan fingerprint density at radius 1 is 1.40 bits per heavy atom. The van der Waals surface area contributed by atoms with Crippen molar-refractivity contribution < 1.29 is 9.53 Å². The Morgan fingerprint density at radius 3 is 2.60 bits per heavy atom. The number of anilines is 1. The average molecular weight is 299 g/mol. The van der Waals surface area contributed by atoms with Gasteiger partial charge in [0, 0.05) is 19.7 Å². The first-order chi connectivity index (χ1) is 9.56. The molecular formula is C15H23ClN2O2. The van der Waals surface area contributed by atoms with Gasteiger partial charge in [-0.05, 0) is 25.0 Å². The van der Waals surface area contributed by atoms with E-state index < -0.39 is 0 Å². The number of rotatable bonds is 7. The van der Waals surface area contributed by atoms with Crippen molar-refractivity contribution in [2.45, 2.75) is 32.7 Å². The highest BCUT2D eigenvalue weighted by molar-refractivity contribution is 6.33. The summed E-state index contributed by atoms with van der Waals surface area (Å²) in [6.45, 7) is 5.20. The van der Waals surface area contributed by atoms with Gasteiger partial charge in [-0.1, -0.05) is 31.5 Å². The SMILES string of the molecule is CCC(CC)N(CCOC)C(=O)c1cccc(Cl)c1N. The molecule has 1 aromatic rings. The molecule has 0 saturated carbocycles. The van der Waals surface area contributed by atoms with Crippen LogP contribution in [0, 0.1) is 0 Å². The minimum absolute atomic E-state index is 0.0873. The lowest BCUT2D eigenvalue weighted by molar-refractivity contribution is 0.0590. The summed E-state index contributed by atoms with van der Waals surface area (Å²) in [5, 5.41) is 0.409. The standard InChI is InChI=1S/C15H23ClN2O2/c1-4-11(5-2)18(9-10-20-3)15(19)12-7-6-8-13(16)14(12)17/h6-8,11H,4-5,9-10,17H2,1-3H3. The number of nitrogen functional groups attached to an aromatic ring is 1. The minimum Gasteiger partial charge on any atom is -0.397 e. The van der Waals surface area contributed by atoms with Gasteiger partial charge in [-0.2, -0.15) is 0 Å². The fourth-order valence-corrected chi connectivity index (χ4v) is 2.42. The number of para-hydroxylation sites is 1. The molecule has 1 amide bonds. The zero-order chi connectivity index (χ0) is 15.1. The summed E-state index contributed by atoms with van der Waals surface area (Å²) in [6, 6.07) is 5.32. The summed E-state index contributed by atoms with van der Waals surface area (Å²) >= 11 is 5.99. The summed E-state index contributed by atoms with van der Waals surface area (Å²) in [5.41, 5.74) is 6.72. The van der Waals surface area contributed by atoms with Gasteiger partial charge in [-0.25, -0.2) is 0 Å². The molecule has 112 valence electrons. The molecule has 0 bridgehead atoms. The molecule has 0 fully saturated rings. The molecule has 0 aliphatic carbocycles. The molecule has 2 N–H and O–H groups in total. The molecule has 0 heterocycles. The van der Waals surface area contributed by atoms with E-state index >= 15 is 0 Å². The van der Waals surface area contributed by atoms with Crippen molar-refractivity contribution in [3.05, 3.63) is 28.8 Å². The lowest BCUT2D eigenvalue weighted by atomic mass is 10.1. The van der Waals surface area contributed by atoms with E-state index in [2.05, 4.69) is 13.8 Å². The maximum Gasteiger partial charge on any atom is 0.256 e. The predicted molar refractivity (Wildman–Crippen MR) is 83.1 cm³/mol. The third kappa shape index (κ3) is 3.87. The van der Waals surface area contributed by atoms with E-state index in [0.717, 1.165) is 12.8 Å². The highest BCUT2D eigenvalue weighted by Gasteiger charge is 2.24. The molecule has 1 rings (SSSR count). The third-order valence-electron chi connectivity index (χ3n) is 3.46. The highest BCUT2D eigenvalue weighted by Crippen LogP contribution is 2.25. The number of carbonyl (C=O) groups is 1. The molecular weight excluding hydrogens is 276 g/mol. The first-order valence-electron chi connectivity index (χ1n) is 6.90. The summed E-state index contributed by atoms with van der Waals surface area (Å²) < 4.78 is 5.10. The van der Waals surface area contributed by atoms with Gasteiger partial charge >= 0.3 is 0 Å². The van der Waals surface area contributed by atoms with Crippen LogP contribution in [0.15, 0.2) is 18.2 Å². The van der Waals surface area contributed by atoms with Crippen LogP contribution in [0.2, 0.25) is 5.02 Å². The number of halogens is 1. The average Bonchev–Trinajstić information content (AvgIpc) is 2.45. The molecule has 0 radical (unpaired) electrons. The largest absolute Gasteiger partial charge is 0.397 e. The van der Waals surface area contributed by atoms with E-state index in [1.807, 2.05) is 4.90 Å². The fraction of sp³-hybridized carbons (Fsp3) is 0.533. The molecule has 0 atom stereocenters. The number of carbonyl (C=O) groups excluding carboxylic acids is 1. The van der Waals surface area contributed by atoms with Crippen LogP contribution in [0.1, 0.15) is 37.0 Å². The van der Waals surface area contributed by atoms with Crippen molar-refractivity contribution in [1.29, 1.82) is 0 Å². The molecule has 0 aliphatic heterocycles. The Morgan fingerprint density at radius 2 is 2.05 bits per heavy atom. The van der Waals surface area contributed by atoms with Crippen molar-refractivity contribution in [2.75, 3.05) is 26.0 Å². The number of methoxy groups -OCH3 is 1. The second-order valence-corrected chi connectivity index (χ2v) is 5.07. The van der Waals surface area contributed by atoms with Crippen LogP contribution in [-0.4, -0.2) is 37.1 Å². The third-order valence-corrected chi connectivity index (χ3v) is 3.79. The normalized spacial score (nSPS) is 10.8. The van der Waals surface area contributed by atoms with Crippen molar-refractivity contribution >= 4 is 23.2 Å². The quantitative estimate of drug-likeness (QED) is 0.787. The van der Waals surface area contributed by atoms with Crippen LogP contribution in [0.5, 0.6) is 0 Å². The maximum absolute atomic E-state index is 12.7. The van der Waals surface area contributed by atoms with Gasteiger partial charge in [0.05, 0.1) is 22.9 Å². The van der Waals surface area contributed by atoms with Crippen LogP contribution >= 0.6 is 11.6 Å². The van der Waals surface area contributed by atoms with Crippen LogP contribution in [-0.2, 0) is 4.74 Å². The zero-order valence-electron chi connectivity index (χ0n) is 12.4. The van der Waals surface area contributed by atoms with E-state index in [1.165, 1.54) is 0 Å². The Balaban J connectivity index is 3.05. The maximum atomic E-state index is 12.7. The minimum atomic E-state index is -0.0873. The Labute approximate surface area is 125 Å². The number of hydrogen-bond acceptors (Lipinski definition) is 3. The van der Waals surface area contributed by atoms with Crippen LogP contribution < -0.4 is 5.73 Å². The van der Waals surface area contributed by atoms with Gasteiger partial charge in [-0.3, -0.25) is 4.79 Å². The smallest absolute Gasteiger partial charge is 0.256 e. The van der Waals surface area contributed by atoms with E-state index in [-0.39, 0.29) is 11.9 Å². The lowest BCUT2D eigenvalue weighted by Crippen LogP contribution is -2.42. The van der Waals surface area contributed by atoms with Gasteiger partial charge in [-0.15, -0.1) is 0 Å². The van der Waals surface area contributed by atoms with E-state index in [1.54, 1.807) is 25.3 Å². The van der Waals surface area contributed by atoms with Gasteiger partial charge in [0.15, 0.2) is 0 Å². The molecule has 5 heteroatoms. The Hall–Kier alpha value is -1.26. The number of ether oxygens (including phenoxy) is 1. The highest BCUT2D eigenvalue weighted by atomic mass is 35.5. The van der Waals surface area contributed by atoms with E-state index in [9.17, 15) is 4.79 Å². The molecule has 0 aliphatic rings. The number of benzene rings is 1. The molecule has 0 spiro atoms. The summed E-state index contributed by atoms with van der Waals surface area (Å²) in [5.74, 6) is -0.0873. The van der Waals surface area contributed by atoms with Crippen molar-refractivity contribution in [3.8, 4) is 0 Å². The Bertz CT molecular complexity index is 447. The van der Waals surface area contributed by atoms with Crippen molar-refractivity contribution in [3.63, 3.8) is 0 Å². The van der Waals surface area contributed by atoms with Crippen LogP contribution in [0.3, 0.4) is 0 Å². The van der Waals surface area contributed by atoms with Crippen molar-refractivity contribution in [2.24, 2.45) is 0 Å². The summed E-state index contributed by atoms with van der Waals surface area (Å²) in [6.07, 6.45) is 1.79. The zero-order valence-corrected chi connectivity index (χ0v) is 13.1. The summed E-state index contributed by atoms with van der Waals surface area (Å²) in [7, 11) is 1.63. The van der Waals surface area contributed by atoms with Crippen LogP contribution in [0.25, 0.3) is 0 Å². The van der Waals surface area contributed by atoms with E-state index in [4.69, 9.17) is 22.1 Å². The number of nitrogens with two attached hydrogens (primary N) is 1. The first-order valence-corrected chi connectivity index (χ1v) is 7.28. The molecule has 1 aromatic carbocycles. The molecule has 0 aromatic heterocycles. The second kappa shape index (κ2) is 8.12. The van der Waals surface area contributed by atoms with Crippen LogP contribution in [0.4, 0.5) is 5.69 Å². The van der Waals surface area contributed by atoms with Crippen molar-refractivity contribution in [1.82, 2.24) is 4.90 Å². The Kier molecular flexibility index (Phi) is 6.82. The van der Waals surface area contributed by atoms with Gasteiger partial charge < -0.3 is 15.4 Å². The number of nitrogens with zero attached hydrogens (tertiary/aromatic N) is 1. The lowest BCUT2D eigenvalue weighted by Gasteiger charge is -2.31. The molecule has 20 heavy (non-hydrogen) atoms. The van der Waals surface area contributed by atoms with Gasteiger partial charge in [0.2, 0.25) is 0 Å². The second-order valence-electron chi connectivity index (χ2n) is 4.66.